The van der Waals surface area contributed by atoms with Gasteiger partial charge in [0, 0.05) is 30.6 Å². The number of aromatic nitrogens is 2. The smallest absolute Gasteiger partial charge is 0.226 e. The Morgan fingerprint density at radius 2 is 1.84 bits per heavy atom. The number of fused-ring (bicyclic) bond motifs is 1. The topological polar surface area (TPSA) is 58.1 Å². The summed E-state index contributed by atoms with van der Waals surface area (Å²) in [4.78, 5) is 25.8. The minimum absolute atomic E-state index is 0.00759. The van der Waals surface area contributed by atoms with E-state index in [4.69, 9.17) is 0 Å². The summed E-state index contributed by atoms with van der Waals surface area (Å²) >= 11 is 1.66. The van der Waals surface area contributed by atoms with Crippen LogP contribution in [0.4, 0.5) is 11.5 Å². The van der Waals surface area contributed by atoms with E-state index < -0.39 is 0 Å². The highest BCUT2D eigenvalue weighted by Crippen LogP contribution is 2.35. The van der Waals surface area contributed by atoms with E-state index in [1.165, 1.54) is 11.1 Å². The second kappa shape index (κ2) is 9.92. The lowest BCUT2D eigenvalue weighted by Crippen LogP contribution is -2.25. The van der Waals surface area contributed by atoms with Crippen molar-refractivity contribution in [3.8, 4) is 10.4 Å². The molecule has 1 N–H and O–H groups in total. The molecule has 2 heterocycles. The van der Waals surface area contributed by atoms with Gasteiger partial charge in [0.1, 0.15) is 17.0 Å². The quantitative estimate of drug-likeness (QED) is 0.345. The third-order valence-corrected chi connectivity index (χ3v) is 6.87. The summed E-state index contributed by atoms with van der Waals surface area (Å²) in [6.07, 6.45) is 3.01. The average molecular weight is 445 g/mol. The monoisotopic (exact) mass is 444 g/mol. The van der Waals surface area contributed by atoms with E-state index in [0.717, 1.165) is 33.0 Å². The van der Waals surface area contributed by atoms with Gasteiger partial charge < -0.3 is 10.2 Å². The maximum Gasteiger partial charge on any atom is 0.226 e. The molecule has 0 saturated carbocycles. The van der Waals surface area contributed by atoms with Crippen LogP contribution in [0.5, 0.6) is 0 Å². The van der Waals surface area contributed by atoms with Crippen LogP contribution in [-0.4, -0.2) is 29.5 Å². The van der Waals surface area contributed by atoms with Gasteiger partial charge in [0.15, 0.2) is 0 Å². The zero-order valence-electron chi connectivity index (χ0n) is 18.7. The number of rotatable bonds is 8. The Hall–Kier alpha value is -3.25. The SMILES string of the molecule is CCC(C)c1ccccc1NC(=O)CCN(C)c1ncnc2sc(-c3ccccc3)cc12. The van der Waals surface area contributed by atoms with Crippen molar-refractivity contribution in [2.24, 2.45) is 0 Å². The van der Waals surface area contributed by atoms with Gasteiger partial charge in [-0.2, -0.15) is 0 Å². The molecule has 164 valence electrons. The van der Waals surface area contributed by atoms with Gasteiger partial charge in [-0.3, -0.25) is 4.79 Å². The van der Waals surface area contributed by atoms with Crippen molar-refractivity contribution in [1.29, 1.82) is 0 Å². The first-order valence-electron chi connectivity index (χ1n) is 11.0. The van der Waals surface area contributed by atoms with E-state index >= 15 is 0 Å². The summed E-state index contributed by atoms with van der Waals surface area (Å²) in [6, 6.07) is 20.5. The normalized spacial score (nSPS) is 12.0. The molecule has 2 aromatic heterocycles. The molecular formula is C26H28N4OS. The summed E-state index contributed by atoms with van der Waals surface area (Å²) in [6.45, 7) is 4.91. The van der Waals surface area contributed by atoms with Gasteiger partial charge in [0.05, 0.1) is 5.39 Å². The summed E-state index contributed by atoms with van der Waals surface area (Å²) in [5, 5.41) is 4.11. The summed E-state index contributed by atoms with van der Waals surface area (Å²) < 4.78 is 0. The van der Waals surface area contributed by atoms with Crippen LogP contribution < -0.4 is 10.2 Å². The third-order valence-electron chi connectivity index (χ3n) is 5.78. The zero-order chi connectivity index (χ0) is 22.5. The van der Waals surface area contributed by atoms with Gasteiger partial charge in [0.2, 0.25) is 5.91 Å². The van der Waals surface area contributed by atoms with Crippen LogP contribution in [0.25, 0.3) is 20.7 Å². The number of nitrogens with zero attached hydrogens (tertiary/aromatic N) is 3. The maximum atomic E-state index is 12.7. The molecule has 2 aromatic carbocycles. The largest absolute Gasteiger partial charge is 0.359 e. The minimum Gasteiger partial charge on any atom is -0.359 e. The first kappa shape index (κ1) is 22.0. The van der Waals surface area contributed by atoms with E-state index in [-0.39, 0.29) is 5.91 Å². The van der Waals surface area contributed by atoms with Gasteiger partial charge in [-0.15, -0.1) is 11.3 Å². The molecule has 0 bridgehead atoms. The van der Waals surface area contributed by atoms with E-state index in [9.17, 15) is 4.79 Å². The molecule has 5 nitrogen and oxygen atoms in total. The Labute approximate surface area is 193 Å². The van der Waals surface area contributed by atoms with Crippen molar-refractivity contribution in [3.05, 3.63) is 72.6 Å². The minimum atomic E-state index is 0.00759. The van der Waals surface area contributed by atoms with Crippen LogP contribution in [0.15, 0.2) is 67.0 Å². The standard InChI is InChI=1S/C26H28N4OS/c1-4-18(2)20-12-8-9-13-22(20)29-24(31)14-15-30(3)25-21-16-23(19-10-6-5-7-11-19)32-26(21)28-17-27-25/h5-13,16-18H,4,14-15H2,1-3H3,(H,29,31). The molecule has 1 atom stereocenters. The molecule has 4 rings (SSSR count). The van der Waals surface area contributed by atoms with Gasteiger partial charge in [-0.25, -0.2) is 9.97 Å². The van der Waals surface area contributed by atoms with Gasteiger partial charge in [0.25, 0.3) is 0 Å². The van der Waals surface area contributed by atoms with Crippen molar-refractivity contribution in [3.63, 3.8) is 0 Å². The van der Waals surface area contributed by atoms with Crippen molar-refractivity contribution in [2.45, 2.75) is 32.6 Å². The highest BCUT2D eigenvalue weighted by atomic mass is 32.1. The fraction of sp³-hybridized carbons (Fsp3) is 0.269. The average Bonchev–Trinajstić information content (AvgIpc) is 3.27. The molecule has 32 heavy (non-hydrogen) atoms. The lowest BCUT2D eigenvalue weighted by atomic mass is 9.97. The van der Waals surface area contributed by atoms with Gasteiger partial charge in [-0.05, 0) is 35.6 Å². The molecule has 0 aliphatic heterocycles. The summed E-state index contributed by atoms with van der Waals surface area (Å²) in [5.41, 5.74) is 3.26. The first-order chi connectivity index (χ1) is 15.6. The molecule has 0 aliphatic carbocycles. The number of carbonyl (C=O) groups excluding carboxylic acids is 1. The number of hydrogen-bond acceptors (Lipinski definition) is 5. The Morgan fingerprint density at radius 1 is 1.09 bits per heavy atom. The highest BCUT2D eigenvalue weighted by Gasteiger charge is 2.15. The molecular weight excluding hydrogens is 416 g/mol. The predicted octanol–water partition coefficient (Wildman–Crippen LogP) is 6.34. The van der Waals surface area contributed by atoms with E-state index in [2.05, 4.69) is 53.4 Å². The Bertz CT molecular complexity index is 1200. The second-order valence-corrected chi connectivity index (χ2v) is 9.04. The fourth-order valence-corrected chi connectivity index (χ4v) is 4.74. The van der Waals surface area contributed by atoms with Crippen LogP contribution in [0.3, 0.4) is 0 Å². The molecule has 0 fully saturated rings. The lowest BCUT2D eigenvalue weighted by molar-refractivity contribution is -0.116. The molecule has 0 spiro atoms. The molecule has 6 heteroatoms. The second-order valence-electron chi connectivity index (χ2n) is 8.01. The van der Waals surface area contributed by atoms with Crippen LogP contribution in [0, 0.1) is 0 Å². The summed E-state index contributed by atoms with van der Waals surface area (Å²) in [7, 11) is 1.97. The van der Waals surface area contributed by atoms with Crippen LogP contribution in [-0.2, 0) is 4.79 Å². The Morgan fingerprint density at radius 3 is 2.62 bits per heavy atom. The molecule has 4 aromatic rings. The lowest BCUT2D eigenvalue weighted by Gasteiger charge is -2.19. The van der Waals surface area contributed by atoms with Crippen molar-refractivity contribution < 1.29 is 4.79 Å². The number of para-hydroxylation sites is 1. The number of thiophene rings is 1. The van der Waals surface area contributed by atoms with Crippen LogP contribution >= 0.6 is 11.3 Å². The number of carbonyl (C=O) groups is 1. The third kappa shape index (κ3) is 4.81. The number of nitrogens with one attached hydrogen (secondary N) is 1. The molecule has 1 unspecified atom stereocenters. The maximum absolute atomic E-state index is 12.7. The Kier molecular flexibility index (Phi) is 6.81. The summed E-state index contributed by atoms with van der Waals surface area (Å²) in [5.74, 6) is 1.26. The molecule has 0 radical (unpaired) electrons. The Balaban J connectivity index is 1.46. The van der Waals surface area contributed by atoms with Crippen molar-refractivity contribution in [2.75, 3.05) is 23.8 Å². The van der Waals surface area contributed by atoms with E-state index in [1.54, 1.807) is 17.7 Å². The van der Waals surface area contributed by atoms with Crippen molar-refractivity contribution in [1.82, 2.24) is 9.97 Å². The van der Waals surface area contributed by atoms with Gasteiger partial charge >= 0.3 is 0 Å². The fourth-order valence-electron chi connectivity index (χ4n) is 3.74. The number of amides is 1. The number of hydrogen-bond donors (Lipinski definition) is 1. The molecule has 1 amide bonds. The van der Waals surface area contributed by atoms with Crippen LogP contribution in [0.1, 0.15) is 38.2 Å². The van der Waals surface area contributed by atoms with E-state index in [0.29, 0.717) is 18.9 Å². The van der Waals surface area contributed by atoms with E-state index in [1.807, 2.05) is 48.3 Å². The van der Waals surface area contributed by atoms with Crippen LogP contribution in [0.2, 0.25) is 0 Å². The first-order valence-corrected chi connectivity index (χ1v) is 11.8. The van der Waals surface area contributed by atoms with Gasteiger partial charge in [-0.1, -0.05) is 62.4 Å². The predicted molar refractivity (Wildman–Crippen MR) is 135 cm³/mol. The molecule has 0 saturated heterocycles. The number of anilines is 2. The zero-order valence-corrected chi connectivity index (χ0v) is 19.5. The molecule has 0 aliphatic rings. The van der Waals surface area contributed by atoms with Crippen molar-refractivity contribution >= 4 is 39.0 Å². The number of benzene rings is 2. The highest BCUT2D eigenvalue weighted by molar-refractivity contribution is 7.21.